The fourth-order valence-corrected chi connectivity index (χ4v) is 4.66. The minimum Gasteiger partial charge on any atom is -0.486 e. The molecular weight excluding hydrogens is 389 g/mol. The Hall–Kier alpha value is -3.14. The van der Waals surface area contributed by atoms with Crippen LogP contribution in [0.15, 0.2) is 54.6 Å². The molecule has 4 heteroatoms. The van der Waals surface area contributed by atoms with E-state index in [9.17, 15) is 9.18 Å². The van der Waals surface area contributed by atoms with Gasteiger partial charge >= 0.3 is 0 Å². The number of Topliss-reactive ketones (excluding diaryl/α,β-unsaturated/α-hetero) is 1. The lowest BCUT2D eigenvalue weighted by Crippen LogP contribution is -2.47. The Morgan fingerprint density at radius 3 is 2.45 bits per heavy atom. The van der Waals surface area contributed by atoms with Crippen LogP contribution >= 0.6 is 0 Å². The third-order valence-electron chi connectivity index (χ3n) is 6.72. The summed E-state index contributed by atoms with van der Waals surface area (Å²) in [6, 6.07) is 17.2. The lowest BCUT2D eigenvalue weighted by molar-refractivity contribution is -0.0177. The highest BCUT2D eigenvalue weighted by atomic mass is 19.1. The van der Waals surface area contributed by atoms with Crippen molar-refractivity contribution in [1.29, 1.82) is 0 Å². The van der Waals surface area contributed by atoms with Gasteiger partial charge in [-0.3, -0.25) is 4.79 Å². The smallest absolute Gasteiger partial charge is 0.170 e. The highest BCUT2D eigenvalue weighted by Gasteiger charge is 2.45. The lowest BCUT2D eigenvalue weighted by atomic mass is 9.74. The summed E-state index contributed by atoms with van der Waals surface area (Å²) in [5, 5.41) is 3.31. The molecule has 1 spiro atoms. The zero-order chi connectivity index (χ0) is 21.6. The van der Waals surface area contributed by atoms with Crippen molar-refractivity contribution in [2.24, 2.45) is 0 Å². The molecule has 0 saturated heterocycles. The van der Waals surface area contributed by atoms with Crippen molar-refractivity contribution in [3.63, 3.8) is 0 Å². The summed E-state index contributed by atoms with van der Waals surface area (Å²) in [5.74, 6) is 0.722. The normalized spacial score (nSPS) is 16.4. The Balaban J connectivity index is 1.37. The number of halogens is 1. The fourth-order valence-electron chi connectivity index (χ4n) is 4.66. The quantitative estimate of drug-likeness (QED) is 0.521. The number of fused-ring (bicyclic) bond motifs is 1. The number of ether oxygens (including phenoxy) is 1. The molecule has 1 aliphatic carbocycles. The molecule has 1 N–H and O–H groups in total. The summed E-state index contributed by atoms with van der Waals surface area (Å²) in [7, 11) is 0. The number of hydrogen-bond donors (Lipinski definition) is 1. The van der Waals surface area contributed by atoms with Crippen LogP contribution in [0.3, 0.4) is 0 Å². The van der Waals surface area contributed by atoms with Crippen LogP contribution in [0.4, 0.5) is 10.1 Å². The number of aryl methyl sites for hydroxylation is 2. The molecule has 0 amide bonds. The first-order valence-electron chi connectivity index (χ1n) is 10.9. The molecule has 3 aromatic carbocycles. The van der Waals surface area contributed by atoms with Crippen molar-refractivity contribution >= 4 is 11.5 Å². The number of ketones is 1. The summed E-state index contributed by atoms with van der Waals surface area (Å²) in [6.07, 6.45) is 3.55. The molecule has 158 valence electrons. The van der Waals surface area contributed by atoms with Gasteiger partial charge in [-0.15, -0.1) is 0 Å². The molecule has 3 nitrogen and oxygen atoms in total. The van der Waals surface area contributed by atoms with Gasteiger partial charge in [-0.1, -0.05) is 24.3 Å². The van der Waals surface area contributed by atoms with E-state index in [-0.39, 0.29) is 17.2 Å². The van der Waals surface area contributed by atoms with Gasteiger partial charge in [0.15, 0.2) is 5.78 Å². The standard InChI is InChI=1S/C27H26FNO2/c1-17-5-3-6-24(28)23(17)16-29-20-9-7-19(8-10-20)21-14-26-22(13-18(21)2)25(30)15-27(31-26)11-4-12-27/h3,5-10,13-14,29H,4,11-12,15-16H2,1-2H3. The maximum absolute atomic E-state index is 14.1. The molecule has 0 atom stereocenters. The van der Waals surface area contributed by atoms with Crippen molar-refractivity contribution in [2.45, 2.75) is 51.7 Å². The van der Waals surface area contributed by atoms with Crippen LogP contribution in [0.25, 0.3) is 11.1 Å². The number of rotatable bonds is 4. The van der Waals surface area contributed by atoms with E-state index in [4.69, 9.17) is 4.74 Å². The molecule has 3 aromatic rings. The van der Waals surface area contributed by atoms with Crippen molar-refractivity contribution < 1.29 is 13.9 Å². The highest BCUT2D eigenvalue weighted by Crippen LogP contribution is 2.46. The SMILES string of the molecule is Cc1cc2c(cc1-c1ccc(NCc3c(C)cccc3F)cc1)OC1(CCC1)CC2=O. The molecule has 1 heterocycles. The summed E-state index contributed by atoms with van der Waals surface area (Å²) in [6.45, 7) is 4.39. The van der Waals surface area contributed by atoms with Crippen molar-refractivity contribution in [2.75, 3.05) is 5.32 Å². The Morgan fingerprint density at radius 2 is 1.77 bits per heavy atom. The van der Waals surface area contributed by atoms with Gasteiger partial charge in [0.25, 0.3) is 0 Å². The Kier molecular flexibility index (Phi) is 4.81. The van der Waals surface area contributed by atoms with Gasteiger partial charge in [0.2, 0.25) is 0 Å². The zero-order valence-corrected chi connectivity index (χ0v) is 17.9. The van der Waals surface area contributed by atoms with Gasteiger partial charge in [-0.25, -0.2) is 4.39 Å². The minimum absolute atomic E-state index is 0.187. The first kappa shape index (κ1) is 19.8. The monoisotopic (exact) mass is 415 g/mol. The third kappa shape index (κ3) is 3.60. The van der Waals surface area contributed by atoms with E-state index in [0.29, 0.717) is 29.8 Å². The second-order valence-corrected chi connectivity index (χ2v) is 8.87. The number of carbonyl (C=O) groups is 1. The van der Waals surface area contributed by atoms with E-state index in [0.717, 1.165) is 47.2 Å². The summed E-state index contributed by atoms with van der Waals surface area (Å²) in [4.78, 5) is 12.7. The molecule has 0 aromatic heterocycles. The largest absolute Gasteiger partial charge is 0.486 e. The number of benzene rings is 3. The van der Waals surface area contributed by atoms with Crippen LogP contribution < -0.4 is 10.1 Å². The van der Waals surface area contributed by atoms with Crippen LogP contribution in [0.5, 0.6) is 5.75 Å². The summed E-state index contributed by atoms with van der Waals surface area (Å²) >= 11 is 0. The zero-order valence-electron chi connectivity index (χ0n) is 17.9. The molecule has 1 fully saturated rings. The topological polar surface area (TPSA) is 38.3 Å². The number of anilines is 1. The average molecular weight is 416 g/mol. The first-order valence-corrected chi connectivity index (χ1v) is 10.9. The van der Waals surface area contributed by atoms with E-state index < -0.39 is 0 Å². The van der Waals surface area contributed by atoms with Crippen molar-refractivity contribution in [1.82, 2.24) is 0 Å². The molecule has 0 radical (unpaired) electrons. The predicted molar refractivity (Wildman–Crippen MR) is 121 cm³/mol. The Morgan fingerprint density at radius 1 is 1.00 bits per heavy atom. The van der Waals surface area contributed by atoms with E-state index >= 15 is 0 Å². The van der Waals surface area contributed by atoms with Crippen LogP contribution in [0.1, 0.15) is 52.7 Å². The predicted octanol–water partition coefficient (Wildman–Crippen LogP) is 6.61. The highest BCUT2D eigenvalue weighted by molar-refractivity contribution is 6.01. The second kappa shape index (κ2) is 7.52. The Labute approximate surface area is 182 Å². The van der Waals surface area contributed by atoms with Gasteiger partial charge in [0.05, 0.1) is 12.0 Å². The molecule has 1 saturated carbocycles. The molecule has 31 heavy (non-hydrogen) atoms. The van der Waals surface area contributed by atoms with E-state index in [2.05, 4.69) is 17.4 Å². The van der Waals surface area contributed by atoms with Crippen LogP contribution in [-0.2, 0) is 6.54 Å². The maximum Gasteiger partial charge on any atom is 0.170 e. The van der Waals surface area contributed by atoms with Crippen LogP contribution in [0, 0.1) is 19.7 Å². The van der Waals surface area contributed by atoms with Crippen molar-refractivity contribution in [3.05, 3.63) is 82.7 Å². The third-order valence-corrected chi connectivity index (χ3v) is 6.72. The number of hydrogen-bond acceptors (Lipinski definition) is 3. The van der Waals surface area contributed by atoms with Crippen LogP contribution in [0.2, 0.25) is 0 Å². The fraction of sp³-hybridized carbons (Fsp3) is 0.296. The summed E-state index contributed by atoms with van der Waals surface area (Å²) < 4.78 is 20.4. The van der Waals surface area contributed by atoms with E-state index in [1.165, 1.54) is 6.07 Å². The molecule has 0 unspecified atom stereocenters. The van der Waals surface area contributed by atoms with Crippen LogP contribution in [-0.4, -0.2) is 11.4 Å². The summed E-state index contributed by atoms with van der Waals surface area (Å²) in [5.41, 5.74) is 6.19. The minimum atomic E-state index is -0.269. The lowest BCUT2D eigenvalue weighted by Gasteiger charge is -2.44. The Bertz CT molecular complexity index is 1140. The number of carbonyl (C=O) groups excluding carboxylic acids is 1. The molecule has 0 bridgehead atoms. The molecule has 2 aliphatic rings. The maximum atomic E-state index is 14.1. The first-order chi connectivity index (χ1) is 14.9. The van der Waals surface area contributed by atoms with E-state index in [1.54, 1.807) is 6.07 Å². The second-order valence-electron chi connectivity index (χ2n) is 8.87. The van der Waals surface area contributed by atoms with E-state index in [1.807, 2.05) is 44.2 Å². The van der Waals surface area contributed by atoms with Gasteiger partial charge in [-0.2, -0.15) is 0 Å². The molecule has 5 rings (SSSR count). The van der Waals surface area contributed by atoms with Gasteiger partial charge in [0, 0.05) is 17.8 Å². The molecule has 1 aliphatic heterocycles. The average Bonchev–Trinajstić information content (AvgIpc) is 2.73. The van der Waals surface area contributed by atoms with Gasteiger partial charge in [-0.05, 0) is 85.7 Å². The van der Waals surface area contributed by atoms with Gasteiger partial charge in [0.1, 0.15) is 17.2 Å². The number of nitrogens with one attached hydrogen (secondary N) is 1. The molecular formula is C27H26FNO2. The van der Waals surface area contributed by atoms with Gasteiger partial charge < -0.3 is 10.1 Å². The van der Waals surface area contributed by atoms with Crippen molar-refractivity contribution in [3.8, 4) is 16.9 Å².